The van der Waals surface area contributed by atoms with Crippen LogP contribution >= 0.6 is 11.8 Å². The molecule has 0 fully saturated rings. The van der Waals surface area contributed by atoms with Gasteiger partial charge in [-0.2, -0.15) is 0 Å². The summed E-state index contributed by atoms with van der Waals surface area (Å²) in [6.07, 6.45) is 3.45. The van der Waals surface area contributed by atoms with E-state index in [-0.39, 0.29) is 0 Å². The highest BCUT2D eigenvalue weighted by Gasteiger charge is 2.04. The summed E-state index contributed by atoms with van der Waals surface area (Å²) < 4.78 is 5.24. The van der Waals surface area contributed by atoms with Gasteiger partial charge in [-0.05, 0) is 30.0 Å². The minimum atomic E-state index is 0.724. The summed E-state index contributed by atoms with van der Waals surface area (Å²) in [5.41, 5.74) is 0. The molecule has 0 aliphatic heterocycles. The highest BCUT2D eigenvalue weighted by Crippen LogP contribution is 2.32. The number of nitrogens with zero attached hydrogens (tertiary/aromatic N) is 2. The fourth-order valence-corrected chi connectivity index (χ4v) is 1.96. The zero-order valence-electron chi connectivity index (χ0n) is 8.25. The maximum atomic E-state index is 5.24. The molecule has 0 saturated heterocycles. The summed E-state index contributed by atoms with van der Waals surface area (Å²) in [6.45, 7) is 0. The van der Waals surface area contributed by atoms with E-state index >= 15 is 0 Å². The fourth-order valence-electron chi connectivity index (χ4n) is 1.14. The quantitative estimate of drug-likeness (QED) is 0.742. The molecule has 4 heteroatoms. The van der Waals surface area contributed by atoms with Gasteiger partial charge in [0.2, 0.25) is 0 Å². The van der Waals surface area contributed by atoms with E-state index in [9.17, 15) is 0 Å². The standard InChI is InChI=1S/C11H10N2OS/c1-14-9-5-2-3-6-10(9)15-11-12-7-4-8-13-11/h2-8H,1H3. The predicted molar refractivity (Wildman–Crippen MR) is 59.1 cm³/mol. The van der Waals surface area contributed by atoms with Gasteiger partial charge in [-0.3, -0.25) is 0 Å². The molecule has 0 unspecified atom stereocenters. The molecule has 1 aromatic heterocycles. The van der Waals surface area contributed by atoms with Crippen LogP contribution in [-0.4, -0.2) is 17.1 Å². The molecule has 15 heavy (non-hydrogen) atoms. The van der Waals surface area contributed by atoms with Crippen LogP contribution in [0.4, 0.5) is 0 Å². The van der Waals surface area contributed by atoms with Gasteiger partial charge < -0.3 is 4.74 Å². The maximum Gasteiger partial charge on any atom is 0.192 e. The molecule has 0 spiro atoms. The van der Waals surface area contributed by atoms with E-state index in [4.69, 9.17) is 4.74 Å². The Balaban J connectivity index is 2.24. The molecule has 0 bridgehead atoms. The molecule has 0 amide bonds. The van der Waals surface area contributed by atoms with Gasteiger partial charge in [0, 0.05) is 12.4 Å². The first-order valence-corrected chi connectivity index (χ1v) is 5.29. The minimum absolute atomic E-state index is 0.724. The SMILES string of the molecule is COc1ccccc1Sc1ncccn1. The number of benzene rings is 1. The number of para-hydroxylation sites is 1. The third-order valence-electron chi connectivity index (χ3n) is 1.81. The van der Waals surface area contributed by atoms with Crippen molar-refractivity contribution >= 4 is 11.8 Å². The molecule has 3 nitrogen and oxygen atoms in total. The van der Waals surface area contributed by atoms with Gasteiger partial charge in [0.1, 0.15) is 5.75 Å². The monoisotopic (exact) mass is 218 g/mol. The molecular formula is C11H10N2OS. The molecule has 2 aromatic rings. The van der Waals surface area contributed by atoms with Crippen molar-refractivity contribution in [1.82, 2.24) is 9.97 Å². The Kier molecular flexibility index (Phi) is 3.19. The topological polar surface area (TPSA) is 35.0 Å². The van der Waals surface area contributed by atoms with Crippen molar-refractivity contribution in [3.63, 3.8) is 0 Å². The highest BCUT2D eigenvalue weighted by molar-refractivity contribution is 7.99. The Morgan fingerprint density at radius 1 is 1.07 bits per heavy atom. The lowest BCUT2D eigenvalue weighted by molar-refractivity contribution is 0.405. The maximum absolute atomic E-state index is 5.24. The number of hydrogen-bond donors (Lipinski definition) is 0. The Morgan fingerprint density at radius 2 is 1.80 bits per heavy atom. The summed E-state index contributed by atoms with van der Waals surface area (Å²) in [6, 6.07) is 9.61. The number of ether oxygens (including phenoxy) is 1. The van der Waals surface area contributed by atoms with Crippen LogP contribution in [-0.2, 0) is 0 Å². The molecule has 0 saturated carbocycles. The Hall–Kier alpha value is -1.55. The summed E-state index contributed by atoms with van der Waals surface area (Å²) in [5.74, 6) is 0.843. The summed E-state index contributed by atoms with van der Waals surface area (Å²) >= 11 is 1.49. The number of rotatable bonds is 3. The van der Waals surface area contributed by atoms with Crippen LogP contribution in [0.5, 0.6) is 5.75 Å². The molecule has 0 aliphatic rings. The highest BCUT2D eigenvalue weighted by atomic mass is 32.2. The average molecular weight is 218 g/mol. The molecule has 1 heterocycles. The second kappa shape index (κ2) is 4.79. The smallest absolute Gasteiger partial charge is 0.192 e. The van der Waals surface area contributed by atoms with Crippen LogP contribution in [0.3, 0.4) is 0 Å². The van der Waals surface area contributed by atoms with Crippen molar-refractivity contribution in [3.05, 3.63) is 42.7 Å². The zero-order valence-corrected chi connectivity index (χ0v) is 9.07. The molecule has 0 atom stereocenters. The van der Waals surface area contributed by atoms with Crippen molar-refractivity contribution in [3.8, 4) is 5.75 Å². The Labute approximate surface area is 92.5 Å². The first-order chi connectivity index (χ1) is 7.40. The number of methoxy groups -OCH3 is 1. The van der Waals surface area contributed by atoms with Crippen molar-refractivity contribution in [2.24, 2.45) is 0 Å². The summed E-state index contributed by atoms with van der Waals surface area (Å²) in [4.78, 5) is 9.31. The van der Waals surface area contributed by atoms with Crippen molar-refractivity contribution in [1.29, 1.82) is 0 Å². The van der Waals surface area contributed by atoms with E-state index < -0.39 is 0 Å². The van der Waals surface area contributed by atoms with Crippen molar-refractivity contribution in [2.75, 3.05) is 7.11 Å². The first-order valence-electron chi connectivity index (χ1n) is 4.48. The van der Waals surface area contributed by atoms with Crippen molar-refractivity contribution in [2.45, 2.75) is 10.1 Å². The molecule has 2 rings (SSSR count). The Morgan fingerprint density at radius 3 is 2.53 bits per heavy atom. The van der Waals surface area contributed by atoms with Crippen LogP contribution in [0.1, 0.15) is 0 Å². The summed E-state index contributed by atoms with van der Waals surface area (Å²) in [7, 11) is 1.66. The zero-order chi connectivity index (χ0) is 10.5. The minimum Gasteiger partial charge on any atom is -0.496 e. The molecule has 0 N–H and O–H groups in total. The van der Waals surface area contributed by atoms with Gasteiger partial charge in [0.15, 0.2) is 5.16 Å². The number of aromatic nitrogens is 2. The van der Waals surface area contributed by atoms with E-state index in [2.05, 4.69) is 9.97 Å². The lowest BCUT2D eigenvalue weighted by atomic mass is 10.3. The molecular weight excluding hydrogens is 208 g/mol. The molecule has 0 radical (unpaired) electrons. The van der Waals surface area contributed by atoms with Crippen LogP contribution < -0.4 is 4.74 Å². The third kappa shape index (κ3) is 2.47. The van der Waals surface area contributed by atoms with Gasteiger partial charge in [-0.25, -0.2) is 9.97 Å². The van der Waals surface area contributed by atoms with E-state index in [1.165, 1.54) is 11.8 Å². The second-order valence-corrected chi connectivity index (χ2v) is 3.79. The molecule has 0 aliphatic carbocycles. The van der Waals surface area contributed by atoms with Gasteiger partial charge >= 0.3 is 0 Å². The lowest BCUT2D eigenvalue weighted by Crippen LogP contribution is -1.87. The lowest BCUT2D eigenvalue weighted by Gasteiger charge is -2.05. The van der Waals surface area contributed by atoms with E-state index in [0.29, 0.717) is 0 Å². The van der Waals surface area contributed by atoms with Crippen LogP contribution in [0.25, 0.3) is 0 Å². The van der Waals surface area contributed by atoms with Crippen molar-refractivity contribution < 1.29 is 4.74 Å². The first kappa shape index (κ1) is 9.98. The third-order valence-corrected chi connectivity index (χ3v) is 2.76. The van der Waals surface area contributed by atoms with Gasteiger partial charge in [-0.1, -0.05) is 12.1 Å². The molecule has 76 valence electrons. The normalized spacial score (nSPS) is 9.93. The van der Waals surface area contributed by atoms with E-state index in [1.807, 2.05) is 24.3 Å². The number of hydrogen-bond acceptors (Lipinski definition) is 4. The van der Waals surface area contributed by atoms with E-state index in [1.54, 1.807) is 25.6 Å². The van der Waals surface area contributed by atoms with Crippen LogP contribution in [0.15, 0.2) is 52.8 Å². The van der Waals surface area contributed by atoms with Gasteiger partial charge in [-0.15, -0.1) is 0 Å². The Bertz CT molecular complexity index is 434. The van der Waals surface area contributed by atoms with Gasteiger partial charge in [0.05, 0.1) is 12.0 Å². The fraction of sp³-hybridized carbons (Fsp3) is 0.0909. The largest absolute Gasteiger partial charge is 0.496 e. The van der Waals surface area contributed by atoms with Crippen LogP contribution in [0.2, 0.25) is 0 Å². The molecule has 1 aromatic carbocycles. The van der Waals surface area contributed by atoms with Crippen LogP contribution in [0, 0.1) is 0 Å². The van der Waals surface area contributed by atoms with Gasteiger partial charge in [0.25, 0.3) is 0 Å². The summed E-state index contributed by atoms with van der Waals surface area (Å²) in [5, 5.41) is 0.724. The predicted octanol–water partition coefficient (Wildman–Crippen LogP) is 2.64. The van der Waals surface area contributed by atoms with E-state index in [0.717, 1.165) is 15.8 Å². The average Bonchev–Trinajstić information content (AvgIpc) is 2.31. The second-order valence-electron chi connectivity index (χ2n) is 2.78.